The lowest BCUT2D eigenvalue weighted by Crippen LogP contribution is -2.36. The fourth-order valence-electron chi connectivity index (χ4n) is 2.47. The van der Waals surface area contributed by atoms with E-state index in [2.05, 4.69) is 21.2 Å². The number of carboxylic acids is 1. The first-order valence-corrected chi connectivity index (χ1v) is 7.12. The molecule has 0 aromatic heterocycles. The lowest BCUT2D eigenvalue weighted by Gasteiger charge is -2.18. The predicted octanol–water partition coefficient (Wildman–Crippen LogP) is 2.28. The number of aliphatic carboxylic acids is 1. The van der Waals surface area contributed by atoms with E-state index in [-0.39, 0.29) is 17.4 Å². The zero-order valence-corrected chi connectivity index (χ0v) is 11.8. The van der Waals surface area contributed by atoms with Gasteiger partial charge < -0.3 is 10.4 Å². The molecule has 0 unspecified atom stereocenters. The summed E-state index contributed by atoms with van der Waals surface area (Å²) < 4.78 is 1.01. The number of nitrogens with one attached hydrogen (secondary N) is 1. The van der Waals surface area contributed by atoms with Crippen molar-refractivity contribution in [2.24, 2.45) is 11.8 Å². The van der Waals surface area contributed by atoms with Crippen LogP contribution in [0.1, 0.15) is 24.8 Å². The molecule has 2 fully saturated rings. The minimum Gasteiger partial charge on any atom is -0.481 e. The highest BCUT2D eigenvalue weighted by molar-refractivity contribution is 9.10. The summed E-state index contributed by atoms with van der Waals surface area (Å²) in [4.78, 5) is 22.8. The van der Waals surface area contributed by atoms with Crippen molar-refractivity contribution in [2.75, 3.05) is 0 Å². The molecule has 1 aromatic rings. The zero-order valence-electron chi connectivity index (χ0n) is 10.2. The number of hydrogen-bond acceptors (Lipinski definition) is 2. The molecule has 2 saturated carbocycles. The Labute approximate surface area is 119 Å². The number of amides is 1. The van der Waals surface area contributed by atoms with Gasteiger partial charge >= 0.3 is 5.97 Å². The van der Waals surface area contributed by atoms with Gasteiger partial charge in [0.1, 0.15) is 0 Å². The van der Waals surface area contributed by atoms with E-state index in [4.69, 9.17) is 5.11 Å². The van der Waals surface area contributed by atoms with Gasteiger partial charge in [0.15, 0.2) is 0 Å². The Kier molecular flexibility index (Phi) is 2.89. The molecule has 0 radical (unpaired) electrons. The second-order valence-electron chi connectivity index (χ2n) is 5.37. The smallest absolute Gasteiger partial charge is 0.307 e. The average Bonchev–Trinajstić information content (AvgIpc) is 3.24. The van der Waals surface area contributed by atoms with Crippen LogP contribution in [0.4, 0.5) is 0 Å². The van der Waals surface area contributed by atoms with Crippen LogP contribution in [0, 0.1) is 11.8 Å². The average molecular weight is 324 g/mol. The summed E-state index contributed by atoms with van der Waals surface area (Å²) in [5.74, 6) is -1.81. The van der Waals surface area contributed by atoms with Crippen molar-refractivity contribution in [2.45, 2.75) is 24.8 Å². The molecular weight excluding hydrogens is 310 g/mol. The van der Waals surface area contributed by atoms with Crippen molar-refractivity contribution in [3.05, 3.63) is 34.3 Å². The van der Waals surface area contributed by atoms with Crippen LogP contribution in [-0.2, 0) is 15.1 Å². The highest BCUT2D eigenvalue weighted by Gasteiger charge is 2.53. The van der Waals surface area contributed by atoms with Gasteiger partial charge in [-0.3, -0.25) is 9.59 Å². The maximum absolute atomic E-state index is 12.0. The maximum Gasteiger partial charge on any atom is 0.307 e. The third-order valence-electron chi connectivity index (χ3n) is 3.95. The Hall–Kier alpha value is -1.36. The molecule has 2 N–H and O–H groups in total. The van der Waals surface area contributed by atoms with Gasteiger partial charge in [0.25, 0.3) is 0 Å². The number of hydrogen-bond donors (Lipinski definition) is 2. The van der Waals surface area contributed by atoms with Gasteiger partial charge in [0.2, 0.25) is 5.91 Å². The fraction of sp³-hybridized carbons (Fsp3) is 0.429. The summed E-state index contributed by atoms with van der Waals surface area (Å²) in [6, 6.07) is 7.91. The summed E-state index contributed by atoms with van der Waals surface area (Å²) in [5, 5.41) is 11.9. The topological polar surface area (TPSA) is 66.4 Å². The zero-order chi connectivity index (χ0) is 13.6. The molecule has 100 valence electrons. The van der Waals surface area contributed by atoms with Crippen LogP contribution in [0.2, 0.25) is 0 Å². The molecular formula is C14H14BrNO3. The second kappa shape index (κ2) is 4.34. The number of rotatable bonds is 4. The van der Waals surface area contributed by atoms with Crippen LogP contribution in [0.25, 0.3) is 0 Å². The molecule has 0 bridgehead atoms. The second-order valence-corrected chi connectivity index (χ2v) is 6.28. The van der Waals surface area contributed by atoms with E-state index in [1.54, 1.807) is 0 Å². The van der Waals surface area contributed by atoms with Crippen molar-refractivity contribution < 1.29 is 14.7 Å². The SMILES string of the molecule is O=C(O)[C@H]1C[C@@H]1C(=O)NC1(c2ccc(Br)cc2)CC1. The first kappa shape index (κ1) is 12.7. The van der Waals surface area contributed by atoms with E-state index < -0.39 is 11.9 Å². The van der Waals surface area contributed by atoms with Crippen molar-refractivity contribution in [1.82, 2.24) is 5.32 Å². The summed E-state index contributed by atoms with van der Waals surface area (Å²) in [7, 11) is 0. The van der Waals surface area contributed by atoms with Crippen molar-refractivity contribution >= 4 is 27.8 Å². The number of carbonyl (C=O) groups is 2. The molecule has 2 aliphatic rings. The normalized spacial score (nSPS) is 26.6. The summed E-state index contributed by atoms with van der Waals surface area (Å²) >= 11 is 3.39. The Morgan fingerprint density at radius 3 is 2.32 bits per heavy atom. The van der Waals surface area contributed by atoms with Crippen molar-refractivity contribution in [3.8, 4) is 0 Å². The molecule has 1 aromatic carbocycles. The van der Waals surface area contributed by atoms with E-state index >= 15 is 0 Å². The molecule has 4 nitrogen and oxygen atoms in total. The fourth-order valence-corrected chi connectivity index (χ4v) is 2.73. The van der Waals surface area contributed by atoms with Crippen molar-refractivity contribution in [1.29, 1.82) is 0 Å². The van der Waals surface area contributed by atoms with Gasteiger partial charge in [-0.2, -0.15) is 0 Å². The number of benzene rings is 1. The Bertz CT molecular complexity index is 536. The first-order valence-electron chi connectivity index (χ1n) is 6.33. The summed E-state index contributed by atoms with van der Waals surface area (Å²) in [6.07, 6.45) is 2.31. The first-order chi connectivity index (χ1) is 9.02. The summed E-state index contributed by atoms with van der Waals surface area (Å²) in [6.45, 7) is 0. The predicted molar refractivity (Wildman–Crippen MR) is 72.4 cm³/mol. The van der Waals surface area contributed by atoms with Gasteiger partial charge in [-0.25, -0.2) is 0 Å². The quantitative estimate of drug-likeness (QED) is 0.893. The molecule has 2 atom stereocenters. The molecule has 1 amide bonds. The van der Waals surface area contributed by atoms with E-state index in [1.165, 1.54) is 0 Å². The van der Waals surface area contributed by atoms with Crippen LogP contribution in [-0.4, -0.2) is 17.0 Å². The maximum atomic E-state index is 12.0. The van der Waals surface area contributed by atoms with Gasteiger partial charge in [-0.05, 0) is 37.0 Å². The lowest BCUT2D eigenvalue weighted by atomic mass is 10.0. The van der Waals surface area contributed by atoms with Crippen LogP contribution in [0.3, 0.4) is 0 Å². The van der Waals surface area contributed by atoms with Crippen LogP contribution in [0.5, 0.6) is 0 Å². The molecule has 19 heavy (non-hydrogen) atoms. The largest absolute Gasteiger partial charge is 0.481 e. The Balaban J connectivity index is 1.68. The number of carbonyl (C=O) groups excluding carboxylic acids is 1. The number of halogens is 1. The monoisotopic (exact) mass is 323 g/mol. The van der Waals surface area contributed by atoms with Gasteiger partial charge in [0.05, 0.1) is 17.4 Å². The van der Waals surface area contributed by atoms with E-state index in [9.17, 15) is 9.59 Å². The van der Waals surface area contributed by atoms with Crippen molar-refractivity contribution in [3.63, 3.8) is 0 Å². The van der Waals surface area contributed by atoms with Crippen LogP contribution >= 0.6 is 15.9 Å². The van der Waals surface area contributed by atoms with Crippen LogP contribution in [0.15, 0.2) is 28.7 Å². The summed E-state index contributed by atoms with van der Waals surface area (Å²) in [5.41, 5.74) is 0.834. The molecule has 5 heteroatoms. The molecule has 0 aliphatic heterocycles. The molecule has 3 rings (SSSR count). The lowest BCUT2D eigenvalue weighted by molar-refractivity contribution is -0.140. The van der Waals surface area contributed by atoms with Crippen LogP contribution < -0.4 is 5.32 Å². The van der Waals surface area contributed by atoms with E-state index in [0.717, 1.165) is 22.9 Å². The minimum atomic E-state index is -0.867. The van der Waals surface area contributed by atoms with Gasteiger partial charge in [-0.15, -0.1) is 0 Å². The molecule has 0 saturated heterocycles. The van der Waals surface area contributed by atoms with E-state index in [1.807, 2.05) is 24.3 Å². The molecule has 0 spiro atoms. The van der Waals surface area contributed by atoms with Gasteiger partial charge in [0, 0.05) is 4.47 Å². The highest BCUT2D eigenvalue weighted by atomic mass is 79.9. The standard InChI is InChI=1S/C14H14BrNO3/c15-9-3-1-8(2-4-9)14(5-6-14)16-12(17)10-7-11(10)13(18)19/h1-4,10-11H,5-7H2,(H,16,17)(H,18,19)/t10-,11-/m0/s1. The minimum absolute atomic E-state index is 0.118. The third-order valence-corrected chi connectivity index (χ3v) is 4.48. The molecule has 2 aliphatic carbocycles. The highest BCUT2D eigenvalue weighted by Crippen LogP contribution is 2.47. The third kappa shape index (κ3) is 2.39. The Morgan fingerprint density at radius 2 is 1.84 bits per heavy atom. The molecule has 0 heterocycles. The number of carboxylic acid groups (broad SMARTS) is 1. The van der Waals surface area contributed by atoms with Gasteiger partial charge in [-0.1, -0.05) is 28.1 Å². The van der Waals surface area contributed by atoms with E-state index in [0.29, 0.717) is 6.42 Å². The Morgan fingerprint density at radius 1 is 1.21 bits per heavy atom.